The van der Waals surface area contributed by atoms with Crippen molar-refractivity contribution in [3.8, 4) is 0 Å². The highest BCUT2D eigenvalue weighted by Crippen LogP contribution is 2.15. The summed E-state index contributed by atoms with van der Waals surface area (Å²) in [7, 11) is 0. The average molecular weight is 344 g/mol. The van der Waals surface area contributed by atoms with Crippen LogP contribution in [0.3, 0.4) is 0 Å². The predicted molar refractivity (Wildman–Crippen MR) is 92.1 cm³/mol. The zero-order chi connectivity index (χ0) is 18.0. The lowest BCUT2D eigenvalue weighted by Gasteiger charge is -2.25. The molecule has 3 heterocycles. The van der Waals surface area contributed by atoms with E-state index in [1.54, 1.807) is 17.2 Å². The molecular weight excluding hydrogens is 320 g/mol. The van der Waals surface area contributed by atoms with Crippen molar-refractivity contribution in [3.05, 3.63) is 35.7 Å². The topological polar surface area (TPSA) is 95.9 Å². The number of hydrogen-bond acceptors (Lipinski definition) is 4. The minimum Gasteiger partial charge on any atom is -0.354 e. The second-order valence-electron chi connectivity index (χ2n) is 6.75. The van der Waals surface area contributed by atoms with Crippen molar-refractivity contribution in [2.24, 2.45) is 0 Å². The van der Waals surface area contributed by atoms with Gasteiger partial charge in [0.2, 0.25) is 5.91 Å². The highest BCUT2D eigenvalue weighted by atomic mass is 16.2. The lowest BCUT2D eigenvalue weighted by molar-refractivity contribution is -0.120. The number of H-pyrrole nitrogens is 1. The molecule has 0 radical (unpaired) electrons. The van der Waals surface area contributed by atoms with Crippen molar-refractivity contribution in [2.45, 2.75) is 45.7 Å². The van der Waals surface area contributed by atoms with Crippen LogP contribution in [0.25, 0.3) is 0 Å². The Morgan fingerprint density at radius 1 is 1.44 bits per heavy atom. The van der Waals surface area contributed by atoms with Gasteiger partial charge in [-0.25, -0.2) is 4.98 Å². The molecule has 25 heavy (non-hydrogen) atoms. The second-order valence-corrected chi connectivity index (χ2v) is 6.75. The lowest BCUT2D eigenvalue weighted by Crippen LogP contribution is -2.42. The van der Waals surface area contributed by atoms with Gasteiger partial charge in [0, 0.05) is 43.9 Å². The molecule has 2 amide bonds. The first-order chi connectivity index (χ1) is 12.0. The number of carbonyl (C=O) groups is 2. The van der Waals surface area contributed by atoms with Crippen LogP contribution in [0.2, 0.25) is 0 Å². The zero-order valence-corrected chi connectivity index (χ0v) is 14.8. The summed E-state index contributed by atoms with van der Waals surface area (Å²) in [4.78, 5) is 30.3. The third kappa shape index (κ3) is 3.72. The molecule has 2 aromatic rings. The van der Waals surface area contributed by atoms with E-state index < -0.39 is 0 Å². The normalized spacial score (nSPS) is 18.3. The molecule has 1 fully saturated rings. The summed E-state index contributed by atoms with van der Waals surface area (Å²) in [5.41, 5.74) is 1.22. The average Bonchev–Trinajstić information content (AvgIpc) is 3.19. The second kappa shape index (κ2) is 7.08. The molecule has 0 unspecified atom stereocenters. The number of imidazole rings is 1. The van der Waals surface area contributed by atoms with Crippen LogP contribution in [0.1, 0.15) is 55.1 Å². The molecule has 0 saturated carbocycles. The van der Waals surface area contributed by atoms with Crippen molar-refractivity contribution in [3.63, 3.8) is 0 Å². The van der Waals surface area contributed by atoms with Crippen LogP contribution in [0.4, 0.5) is 0 Å². The summed E-state index contributed by atoms with van der Waals surface area (Å²) < 4.78 is 2.05. The van der Waals surface area contributed by atoms with Crippen molar-refractivity contribution in [1.29, 1.82) is 0 Å². The van der Waals surface area contributed by atoms with Crippen LogP contribution in [0.15, 0.2) is 18.5 Å². The van der Waals surface area contributed by atoms with E-state index in [0.29, 0.717) is 37.7 Å². The molecule has 1 aliphatic rings. The van der Waals surface area contributed by atoms with Gasteiger partial charge in [-0.1, -0.05) is 13.8 Å². The molecule has 1 aliphatic heterocycles. The number of nitrogens with one attached hydrogen (secondary N) is 2. The Balaban J connectivity index is 1.73. The van der Waals surface area contributed by atoms with E-state index in [-0.39, 0.29) is 17.9 Å². The first-order valence-electron chi connectivity index (χ1n) is 8.58. The third-order valence-corrected chi connectivity index (χ3v) is 4.42. The molecule has 8 nitrogen and oxygen atoms in total. The molecule has 2 N–H and O–H groups in total. The molecule has 0 aromatic carbocycles. The van der Waals surface area contributed by atoms with Crippen LogP contribution in [-0.4, -0.2) is 55.6 Å². The zero-order valence-electron chi connectivity index (χ0n) is 14.8. The summed E-state index contributed by atoms with van der Waals surface area (Å²) >= 11 is 0. The molecule has 1 saturated heterocycles. The van der Waals surface area contributed by atoms with Gasteiger partial charge in [0.15, 0.2) is 0 Å². The Morgan fingerprint density at radius 2 is 2.24 bits per heavy atom. The summed E-state index contributed by atoms with van der Waals surface area (Å²) in [6, 6.07) is 1.72. The van der Waals surface area contributed by atoms with E-state index in [2.05, 4.69) is 34.3 Å². The first kappa shape index (κ1) is 17.2. The molecule has 2 aromatic heterocycles. The van der Waals surface area contributed by atoms with E-state index in [4.69, 9.17) is 0 Å². The number of rotatable bonds is 4. The van der Waals surface area contributed by atoms with E-state index in [1.807, 2.05) is 17.7 Å². The van der Waals surface area contributed by atoms with Crippen molar-refractivity contribution in [2.75, 3.05) is 13.1 Å². The van der Waals surface area contributed by atoms with Crippen molar-refractivity contribution < 1.29 is 9.59 Å². The summed E-state index contributed by atoms with van der Waals surface area (Å²) in [6.07, 6.45) is 4.02. The van der Waals surface area contributed by atoms with E-state index in [9.17, 15) is 9.59 Å². The number of aromatic nitrogens is 4. The number of hydrogen-bond donors (Lipinski definition) is 2. The highest BCUT2D eigenvalue weighted by molar-refractivity contribution is 5.93. The first-order valence-corrected chi connectivity index (χ1v) is 8.58. The van der Waals surface area contributed by atoms with Gasteiger partial charge in [-0.2, -0.15) is 5.10 Å². The van der Waals surface area contributed by atoms with Crippen LogP contribution in [-0.2, 0) is 11.3 Å². The number of nitrogens with zero attached hydrogens (tertiary/aromatic N) is 4. The maximum Gasteiger partial charge on any atom is 0.274 e. The largest absolute Gasteiger partial charge is 0.354 e. The van der Waals surface area contributed by atoms with Gasteiger partial charge in [0.25, 0.3) is 5.91 Å². The molecule has 0 bridgehead atoms. The Morgan fingerprint density at radius 3 is 3.00 bits per heavy atom. The third-order valence-electron chi connectivity index (χ3n) is 4.42. The van der Waals surface area contributed by atoms with E-state index >= 15 is 0 Å². The minimum atomic E-state index is -0.152. The van der Waals surface area contributed by atoms with Gasteiger partial charge >= 0.3 is 0 Å². The van der Waals surface area contributed by atoms with Gasteiger partial charge in [0.1, 0.15) is 11.5 Å². The Labute approximate surface area is 146 Å². The Kier molecular flexibility index (Phi) is 4.87. The molecule has 1 atom stereocenters. The number of amides is 2. The fourth-order valence-corrected chi connectivity index (χ4v) is 3.04. The van der Waals surface area contributed by atoms with Crippen LogP contribution in [0.5, 0.6) is 0 Å². The van der Waals surface area contributed by atoms with Crippen LogP contribution in [0, 0.1) is 0 Å². The maximum atomic E-state index is 12.7. The lowest BCUT2D eigenvalue weighted by atomic mass is 10.2. The van der Waals surface area contributed by atoms with E-state index in [1.165, 1.54) is 0 Å². The molecule has 0 spiro atoms. The molecule has 0 aliphatic carbocycles. The fraction of sp³-hybridized carbons (Fsp3) is 0.529. The highest BCUT2D eigenvalue weighted by Gasteiger charge is 2.27. The monoisotopic (exact) mass is 344 g/mol. The maximum absolute atomic E-state index is 12.7. The standard InChI is InChI=1S/C17H24N6O2/c1-11(2)16-18-5-7-22(16)10-13-8-14(21-20-13)17(25)23-6-4-15(24)19-9-12(23)3/h5,7-8,11-12H,4,6,9-10H2,1-3H3,(H,19,24)(H,20,21)/t12-/m0/s1. The molecule has 134 valence electrons. The van der Waals surface area contributed by atoms with Gasteiger partial charge < -0.3 is 14.8 Å². The minimum absolute atomic E-state index is 0.0220. The van der Waals surface area contributed by atoms with Crippen LogP contribution >= 0.6 is 0 Å². The smallest absolute Gasteiger partial charge is 0.274 e. The number of carbonyl (C=O) groups excluding carboxylic acids is 2. The Bertz CT molecular complexity index is 763. The van der Waals surface area contributed by atoms with Crippen molar-refractivity contribution >= 4 is 11.8 Å². The summed E-state index contributed by atoms with van der Waals surface area (Å²) in [6.45, 7) is 7.58. The molecular formula is C17H24N6O2. The van der Waals surface area contributed by atoms with Gasteiger partial charge in [-0.3, -0.25) is 14.7 Å². The molecule has 8 heteroatoms. The summed E-state index contributed by atoms with van der Waals surface area (Å²) in [5, 5.41) is 9.93. The van der Waals surface area contributed by atoms with Crippen LogP contribution < -0.4 is 5.32 Å². The summed E-state index contributed by atoms with van der Waals surface area (Å²) in [5.74, 6) is 1.14. The fourth-order valence-electron chi connectivity index (χ4n) is 3.04. The quantitative estimate of drug-likeness (QED) is 0.869. The van der Waals surface area contributed by atoms with Gasteiger partial charge in [-0.05, 0) is 13.0 Å². The van der Waals surface area contributed by atoms with Crippen molar-refractivity contribution in [1.82, 2.24) is 30.0 Å². The number of aromatic amines is 1. The molecule has 3 rings (SSSR count). The van der Waals surface area contributed by atoms with Gasteiger partial charge in [-0.15, -0.1) is 0 Å². The SMILES string of the molecule is CC(C)c1nccn1Cc1cc(C(=O)N2CCC(=O)NC[C@@H]2C)n[nH]1. The van der Waals surface area contributed by atoms with Gasteiger partial charge in [0.05, 0.1) is 12.2 Å². The Hall–Kier alpha value is -2.64. The van der Waals surface area contributed by atoms with E-state index in [0.717, 1.165) is 11.5 Å². The predicted octanol–water partition coefficient (Wildman–Crippen LogP) is 1.13.